The fourth-order valence-electron chi connectivity index (χ4n) is 1.67. The lowest BCUT2D eigenvalue weighted by molar-refractivity contribution is 0.176. The van der Waals surface area contributed by atoms with Crippen molar-refractivity contribution in [1.82, 2.24) is 15.0 Å². The van der Waals surface area contributed by atoms with Crippen molar-refractivity contribution in [3.63, 3.8) is 0 Å². The van der Waals surface area contributed by atoms with Crippen molar-refractivity contribution < 1.29 is 9.47 Å². The van der Waals surface area contributed by atoms with Crippen molar-refractivity contribution in [3.05, 3.63) is 42.0 Å². The van der Waals surface area contributed by atoms with E-state index in [1.807, 2.05) is 25.3 Å². The van der Waals surface area contributed by atoms with Crippen molar-refractivity contribution in [1.29, 1.82) is 0 Å². The van der Waals surface area contributed by atoms with Crippen LogP contribution in [0.4, 0.5) is 5.82 Å². The van der Waals surface area contributed by atoms with Crippen LogP contribution >= 0.6 is 0 Å². The van der Waals surface area contributed by atoms with Crippen LogP contribution in [0.1, 0.15) is 18.3 Å². The van der Waals surface area contributed by atoms with Crippen LogP contribution in [0.25, 0.3) is 0 Å². The number of ether oxygens (including phenoxy) is 2. The third-order valence-corrected chi connectivity index (χ3v) is 2.51. The van der Waals surface area contributed by atoms with Crippen LogP contribution < -0.4 is 10.1 Å². The Morgan fingerprint density at radius 1 is 1.30 bits per heavy atom. The van der Waals surface area contributed by atoms with E-state index in [0.29, 0.717) is 37.3 Å². The molecule has 0 atom stereocenters. The highest BCUT2D eigenvalue weighted by atomic mass is 16.5. The van der Waals surface area contributed by atoms with Gasteiger partial charge in [0.15, 0.2) is 5.82 Å². The van der Waals surface area contributed by atoms with E-state index in [-0.39, 0.29) is 0 Å². The molecular weight excluding hydrogens is 256 g/mol. The molecule has 0 unspecified atom stereocenters. The van der Waals surface area contributed by atoms with Crippen LogP contribution in [0.15, 0.2) is 30.6 Å². The van der Waals surface area contributed by atoms with Crippen molar-refractivity contribution in [2.45, 2.75) is 20.1 Å². The highest BCUT2D eigenvalue weighted by Gasteiger charge is 2.05. The van der Waals surface area contributed by atoms with E-state index in [4.69, 9.17) is 9.47 Å². The van der Waals surface area contributed by atoms with Gasteiger partial charge < -0.3 is 14.8 Å². The van der Waals surface area contributed by atoms with Gasteiger partial charge in [-0.15, -0.1) is 0 Å². The molecule has 2 aromatic heterocycles. The molecule has 0 aliphatic carbocycles. The second-order valence-electron chi connectivity index (χ2n) is 4.09. The summed E-state index contributed by atoms with van der Waals surface area (Å²) in [5.41, 5.74) is 1.08. The number of anilines is 1. The number of aromatic nitrogens is 3. The molecular formula is C14H18N4O2. The van der Waals surface area contributed by atoms with E-state index in [9.17, 15) is 0 Å². The predicted octanol–water partition coefficient (Wildman–Crippen LogP) is 2.03. The summed E-state index contributed by atoms with van der Waals surface area (Å²) in [4.78, 5) is 12.7. The van der Waals surface area contributed by atoms with Gasteiger partial charge in [-0.25, -0.2) is 4.98 Å². The lowest BCUT2D eigenvalue weighted by Crippen LogP contribution is -2.07. The number of methoxy groups -OCH3 is 1. The maximum atomic E-state index is 5.43. The van der Waals surface area contributed by atoms with Crippen LogP contribution in [-0.2, 0) is 17.9 Å². The maximum Gasteiger partial charge on any atom is 0.218 e. The van der Waals surface area contributed by atoms with Crippen molar-refractivity contribution in [2.75, 3.05) is 19.0 Å². The topological polar surface area (TPSA) is 69.2 Å². The molecule has 20 heavy (non-hydrogen) atoms. The average Bonchev–Trinajstić information content (AvgIpc) is 2.47. The highest BCUT2D eigenvalue weighted by Crippen LogP contribution is 2.15. The van der Waals surface area contributed by atoms with E-state index >= 15 is 0 Å². The van der Waals surface area contributed by atoms with E-state index in [0.717, 1.165) is 5.56 Å². The number of nitrogens with one attached hydrogen (secondary N) is 1. The molecule has 0 saturated carbocycles. The molecule has 0 saturated heterocycles. The average molecular weight is 274 g/mol. The molecule has 106 valence electrons. The fraction of sp³-hybridized carbons (Fsp3) is 0.357. The molecule has 2 heterocycles. The quantitative estimate of drug-likeness (QED) is 0.833. The van der Waals surface area contributed by atoms with Gasteiger partial charge in [-0.1, -0.05) is 6.07 Å². The second kappa shape index (κ2) is 7.40. The summed E-state index contributed by atoms with van der Waals surface area (Å²) in [5.74, 6) is 1.84. The molecule has 0 aliphatic rings. The molecule has 1 N–H and O–H groups in total. The highest BCUT2D eigenvalue weighted by molar-refractivity contribution is 5.39. The normalized spacial score (nSPS) is 10.3. The number of hydrogen-bond donors (Lipinski definition) is 1. The van der Waals surface area contributed by atoms with Gasteiger partial charge in [0.05, 0.1) is 6.61 Å². The van der Waals surface area contributed by atoms with Gasteiger partial charge in [0, 0.05) is 32.1 Å². The Kier molecular flexibility index (Phi) is 5.25. The molecule has 0 amide bonds. The van der Waals surface area contributed by atoms with Gasteiger partial charge in [-0.2, -0.15) is 4.98 Å². The first-order valence-electron chi connectivity index (χ1n) is 6.44. The molecule has 0 aromatic carbocycles. The summed E-state index contributed by atoms with van der Waals surface area (Å²) in [6, 6.07) is 5.68. The molecule has 6 nitrogen and oxygen atoms in total. The van der Waals surface area contributed by atoms with Crippen molar-refractivity contribution >= 4 is 5.82 Å². The third kappa shape index (κ3) is 4.17. The number of rotatable bonds is 7. The molecule has 0 fully saturated rings. The van der Waals surface area contributed by atoms with Crippen LogP contribution in [0.2, 0.25) is 0 Å². The minimum atomic E-state index is 0.350. The summed E-state index contributed by atoms with van der Waals surface area (Å²) in [5, 5.41) is 3.23. The van der Waals surface area contributed by atoms with E-state index in [1.165, 1.54) is 0 Å². The van der Waals surface area contributed by atoms with Crippen molar-refractivity contribution in [2.24, 2.45) is 0 Å². The zero-order chi connectivity index (χ0) is 14.2. The summed E-state index contributed by atoms with van der Waals surface area (Å²) < 4.78 is 10.5. The van der Waals surface area contributed by atoms with Crippen LogP contribution in [0, 0.1) is 0 Å². The van der Waals surface area contributed by atoms with Crippen LogP contribution in [0.5, 0.6) is 5.88 Å². The lowest BCUT2D eigenvalue weighted by Gasteiger charge is -2.10. The zero-order valence-electron chi connectivity index (χ0n) is 11.7. The SMILES string of the molecule is CCOc1cc(NCc2cccnc2)nc(COC)n1. The van der Waals surface area contributed by atoms with Crippen LogP contribution in [0.3, 0.4) is 0 Å². The Morgan fingerprint density at radius 3 is 2.90 bits per heavy atom. The van der Waals surface area contributed by atoms with Gasteiger partial charge in [0.25, 0.3) is 0 Å². The summed E-state index contributed by atoms with van der Waals surface area (Å²) >= 11 is 0. The first-order valence-corrected chi connectivity index (χ1v) is 6.44. The largest absolute Gasteiger partial charge is 0.478 e. The van der Waals surface area contributed by atoms with Gasteiger partial charge in [0.1, 0.15) is 12.4 Å². The summed E-state index contributed by atoms with van der Waals surface area (Å²) in [6.07, 6.45) is 3.56. The Balaban J connectivity index is 2.09. The minimum Gasteiger partial charge on any atom is -0.478 e. The van der Waals surface area contributed by atoms with Gasteiger partial charge >= 0.3 is 0 Å². The number of pyridine rings is 1. The van der Waals surface area contributed by atoms with E-state index in [2.05, 4.69) is 20.3 Å². The lowest BCUT2D eigenvalue weighted by atomic mass is 10.3. The monoisotopic (exact) mass is 274 g/mol. The molecule has 2 aromatic rings. The molecule has 0 aliphatic heterocycles. The summed E-state index contributed by atoms with van der Waals surface area (Å²) in [6.45, 7) is 3.47. The first-order chi connectivity index (χ1) is 9.81. The zero-order valence-corrected chi connectivity index (χ0v) is 11.7. The van der Waals surface area contributed by atoms with Crippen molar-refractivity contribution in [3.8, 4) is 5.88 Å². The minimum absolute atomic E-state index is 0.350. The summed E-state index contributed by atoms with van der Waals surface area (Å²) in [7, 11) is 1.61. The molecule has 0 spiro atoms. The van der Waals surface area contributed by atoms with E-state index < -0.39 is 0 Å². The standard InChI is InChI=1S/C14H18N4O2/c1-3-20-14-7-12(17-13(18-14)10-19-2)16-9-11-5-4-6-15-8-11/h4-8H,3,9-10H2,1-2H3,(H,16,17,18). The fourth-order valence-corrected chi connectivity index (χ4v) is 1.67. The van der Waals surface area contributed by atoms with Gasteiger partial charge in [-0.05, 0) is 18.6 Å². The molecule has 0 bridgehead atoms. The van der Waals surface area contributed by atoms with Crippen LogP contribution in [-0.4, -0.2) is 28.7 Å². The molecule has 6 heteroatoms. The molecule has 2 rings (SSSR count). The third-order valence-electron chi connectivity index (χ3n) is 2.51. The Morgan fingerprint density at radius 2 is 2.20 bits per heavy atom. The second-order valence-corrected chi connectivity index (χ2v) is 4.09. The predicted molar refractivity (Wildman–Crippen MR) is 75.5 cm³/mol. The Hall–Kier alpha value is -2.21. The smallest absolute Gasteiger partial charge is 0.218 e. The maximum absolute atomic E-state index is 5.43. The van der Waals surface area contributed by atoms with E-state index in [1.54, 1.807) is 19.4 Å². The first kappa shape index (κ1) is 14.2. The number of nitrogens with zero attached hydrogens (tertiary/aromatic N) is 3. The Bertz CT molecular complexity index is 510. The Labute approximate surface area is 118 Å². The number of hydrogen-bond acceptors (Lipinski definition) is 6. The van der Waals surface area contributed by atoms with Gasteiger partial charge in [0.2, 0.25) is 5.88 Å². The molecule has 0 radical (unpaired) electrons. The van der Waals surface area contributed by atoms with Gasteiger partial charge in [-0.3, -0.25) is 4.98 Å².